The van der Waals surface area contributed by atoms with Gasteiger partial charge in [0.1, 0.15) is 5.03 Å². The summed E-state index contributed by atoms with van der Waals surface area (Å²) < 4.78 is 18.8. The van der Waals surface area contributed by atoms with Gasteiger partial charge < -0.3 is 9.79 Å². The molecule has 0 bridgehead atoms. The van der Waals surface area contributed by atoms with Crippen LogP contribution in [-0.2, 0) is 22.4 Å². The van der Waals surface area contributed by atoms with Crippen LogP contribution in [0, 0.1) is 0 Å². The fourth-order valence-electron chi connectivity index (χ4n) is 2.88. The molecule has 4 aromatic rings. The van der Waals surface area contributed by atoms with Crippen LogP contribution in [0.15, 0.2) is 95.5 Å². The Morgan fingerprint density at radius 1 is 1.03 bits per heavy atom. The van der Waals surface area contributed by atoms with Gasteiger partial charge in [-0.1, -0.05) is 36.0 Å². The minimum Gasteiger partial charge on any atom is -0.303 e. The number of nitrogens with zero attached hydrogens (tertiary/aromatic N) is 4. The fraction of sp³-hybridized carbons (Fsp3) is 0.0952. The molecule has 8 nitrogen and oxygen atoms in total. The number of aromatic nitrogens is 4. The zero-order valence-electron chi connectivity index (χ0n) is 16.4. The van der Waals surface area contributed by atoms with Gasteiger partial charge in [0.05, 0.1) is 12.7 Å². The lowest BCUT2D eigenvalue weighted by atomic mass is 10.2. The summed E-state index contributed by atoms with van der Waals surface area (Å²) in [5, 5.41) is 5.34. The van der Waals surface area contributed by atoms with Crippen molar-refractivity contribution in [1.82, 2.24) is 14.8 Å². The van der Waals surface area contributed by atoms with E-state index >= 15 is 0 Å². The van der Waals surface area contributed by atoms with Gasteiger partial charge in [-0.15, -0.1) is 0 Å². The molecule has 4 rings (SSSR count). The first kappa shape index (κ1) is 21.4. The van der Waals surface area contributed by atoms with Crippen LogP contribution in [0.4, 0.5) is 0 Å². The normalized spacial score (nSPS) is 11.5. The van der Waals surface area contributed by atoms with E-state index in [1.807, 2.05) is 53.5 Å². The summed E-state index contributed by atoms with van der Waals surface area (Å²) in [6, 6.07) is 17.8. The predicted molar refractivity (Wildman–Crippen MR) is 115 cm³/mol. The summed E-state index contributed by atoms with van der Waals surface area (Å²) in [6.07, 6.45) is 8.92. The molecule has 31 heavy (non-hydrogen) atoms. The average molecular weight is 455 g/mol. The molecule has 3 heterocycles. The van der Waals surface area contributed by atoms with E-state index in [9.17, 15) is 4.57 Å². The third-order valence-corrected chi connectivity index (χ3v) is 5.72. The summed E-state index contributed by atoms with van der Waals surface area (Å²) in [5.41, 5.74) is 2.77. The quantitative estimate of drug-likeness (QED) is 0.310. The Morgan fingerprint density at radius 2 is 1.87 bits per heavy atom. The highest BCUT2D eigenvalue weighted by Gasteiger charge is 2.17. The number of phosphoric acid groups is 1. The van der Waals surface area contributed by atoms with Crippen molar-refractivity contribution in [1.29, 1.82) is 0 Å². The lowest BCUT2D eigenvalue weighted by molar-refractivity contribution is -0.725. The molecule has 0 aliphatic rings. The smallest absolute Gasteiger partial charge is 0.303 e. The molecule has 0 amide bonds. The van der Waals surface area contributed by atoms with Crippen molar-refractivity contribution in [3.63, 3.8) is 0 Å². The van der Waals surface area contributed by atoms with Gasteiger partial charge in [0.15, 0.2) is 12.4 Å². The Labute approximate surface area is 183 Å². The van der Waals surface area contributed by atoms with Crippen molar-refractivity contribution in [2.45, 2.75) is 23.2 Å². The van der Waals surface area contributed by atoms with Crippen molar-refractivity contribution in [2.24, 2.45) is 0 Å². The Bertz CT molecular complexity index is 1200. The van der Waals surface area contributed by atoms with Gasteiger partial charge in [0, 0.05) is 34.5 Å². The highest BCUT2D eigenvalue weighted by atomic mass is 32.2. The topological polar surface area (TPSA) is 101 Å². The molecule has 0 aliphatic carbocycles. The van der Waals surface area contributed by atoms with Crippen LogP contribution in [0.1, 0.15) is 5.56 Å². The highest BCUT2D eigenvalue weighted by Crippen LogP contribution is 2.35. The van der Waals surface area contributed by atoms with Gasteiger partial charge in [-0.05, 0) is 29.8 Å². The molecule has 0 unspecified atom stereocenters. The first-order valence-corrected chi connectivity index (χ1v) is 11.7. The molecule has 0 spiro atoms. The molecule has 158 valence electrons. The number of rotatable bonds is 8. The second-order valence-corrected chi connectivity index (χ2v) is 9.04. The van der Waals surface area contributed by atoms with E-state index in [1.54, 1.807) is 41.0 Å². The molecule has 0 aliphatic heterocycles. The largest absolute Gasteiger partial charge is 0.474 e. The zero-order valence-corrected chi connectivity index (χ0v) is 18.1. The molecule has 3 aromatic heterocycles. The van der Waals surface area contributed by atoms with Gasteiger partial charge >= 0.3 is 7.82 Å². The SMILES string of the molecule is O=P(O)(O)OC[n+]1cccc(-c2cnn(Cc3ccc(Sc4ccccc4)nc3)c2)c1. The van der Waals surface area contributed by atoms with Crippen molar-refractivity contribution in [3.05, 3.63) is 91.1 Å². The van der Waals surface area contributed by atoms with Crippen molar-refractivity contribution < 1.29 is 23.4 Å². The average Bonchev–Trinajstić information content (AvgIpc) is 3.23. The predicted octanol–water partition coefficient (Wildman–Crippen LogP) is 3.50. The lowest BCUT2D eigenvalue weighted by Gasteiger charge is -2.04. The standard InChI is InChI=1S/C21H19N4O4PS/c26-30(27,28)29-16-24-10-4-5-18(14-24)19-12-23-25(15-19)13-17-8-9-21(22-11-17)31-20-6-2-1-3-7-20/h1-12,14-15H,13,16H2,(H-,26,27,28)/p+1. The molecule has 0 radical (unpaired) electrons. The second-order valence-electron chi connectivity index (χ2n) is 6.70. The Hall–Kier alpha value is -2.81. The van der Waals surface area contributed by atoms with Gasteiger partial charge in [-0.3, -0.25) is 4.68 Å². The molecule has 0 atom stereocenters. The molecular weight excluding hydrogens is 435 g/mol. The molecule has 0 fully saturated rings. The van der Waals surface area contributed by atoms with Crippen molar-refractivity contribution >= 4 is 19.6 Å². The second kappa shape index (κ2) is 9.55. The van der Waals surface area contributed by atoms with E-state index in [2.05, 4.69) is 26.7 Å². The molecule has 1 aromatic carbocycles. The number of hydrogen-bond acceptors (Lipinski definition) is 5. The van der Waals surface area contributed by atoms with Crippen LogP contribution in [-0.4, -0.2) is 24.6 Å². The summed E-state index contributed by atoms with van der Waals surface area (Å²) >= 11 is 1.62. The van der Waals surface area contributed by atoms with Crippen molar-refractivity contribution in [3.8, 4) is 11.1 Å². The summed E-state index contributed by atoms with van der Waals surface area (Å²) in [5.74, 6) is 0. The Balaban J connectivity index is 1.41. The number of pyridine rings is 2. The maximum absolute atomic E-state index is 10.9. The Kier molecular flexibility index (Phi) is 6.60. The third kappa shape index (κ3) is 6.33. The van der Waals surface area contributed by atoms with Gasteiger partial charge in [-0.2, -0.15) is 9.67 Å². The molecule has 10 heteroatoms. The minimum atomic E-state index is -4.52. The zero-order chi connectivity index (χ0) is 21.7. The van der Waals surface area contributed by atoms with E-state index in [4.69, 9.17) is 9.79 Å². The van der Waals surface area contributed by atoms with Crippen LogP contribution in [0.3, 0.4) is 0 Å². The summed E-state index contributed by atoms with van der Waals surface area (Å²) in [6.45, 7) is 0.336. The van der Waals surface area contributed by atoms with Gasteiger partial charge in [0.2, 0.25) is 0 Å². The maximum Gasteiger partial charge on any atom is 0.474 e. The van der Waals surface area contributed by atoms with E-state index in [0.29, 0.717) is 6.54 Å². The molecule has 0 saturated carbocycles. The molecule has 0 saturated heterocycles. The van der Waals surface area contributed by atoms with E-state index in [1.165, 1.54) is 0 Å². The minimum absolute atomic E-state index is 0.245. The molecule has 2 N–H and O–H groups in total. The lowest BCUT2D eigenvalue weighted by Crippen LogP contribution is -2.33. The maximum atomic E-state index is 10.9. The third-order valence-electron chi connectivity index (χ3n) is 4.31. The summed E-state index contributed by atoms with van der Waals surface area (Å²) in [4.78, 5) is 23.4. The Morgan fingerprint density at radius 3 is 2.61 bits per heavy atom. The van der Waals surface area contributed by atoms with Crippen LogP contribution in [0.2, 0.25) is 0 Å². The van der Waals surface area contributed by atoms with E-state index in [0.717, 1.165) is 26.6 Å². The number of phosphoric ester groups is 1. The first-order valence-electron chi connectivity index (χ1n) is 9.34. The van der Waals surface area contributed by atoms with Gasteiger partial charge in [0.25, 0.3) is 6.73 Å². The highest BCUT2D eigenvalue weighted by molar-refractivity contribution is 7.99. The van der Waals surface area contributed by atoms with Crippen LogP contribution in [0.5, 0.6) is 0 Å². The van der Waals surface area contributed by atoms with Crippen LogP contribution >= 0.6 is 19.6 Å². The number of benzene rings is 1. The van der Waals surface area contributed by atoms with E-state index < -0.39 is 7.82 Å². The van der Waals surface area contributed by atoms with Crippen molar-refractivity contribution in [2.75, 3.05) is 0 Å². The van der Waals surface area contributed by atoms with Crippen LogP contribution < -0.4 is 4.57 Å². The van der Waals surface area contributed by atoms with Crippen LogP contribution in [0.25, 0.3) is 11.1 Å². The number of hydrogen-bond donors (Lipinski definition) is 2. The van der Waals surface area contributed by atoms with Gasteiger partial charge in [-0.25, -0.2) is 14.1 Å². The fourth-order valence-corrected chi connectivity index (χ4v) is 3.94. The monoisotopic (exact) mass is 455 g/mol. The summed E-state index contributed by atoms with van der Waals surface area (Å²) in [7, 11) is -4.52. The molecular formula is C21H20N4O4PS+. The van der Waals surface area contributed by atoms with E-state index in [-0.39, 0.29) is 6.73 Å². The first-order chi connectivity index (χ1) is 14.9.